The predicted molar refractivity (Wildman–Crippen MR) is 43.5 cm³/mol. The average Bonchev–Trinajstić information content (AvgIpc) is 1.99. The van der Waals surface area contributed by atoms with Crippen LogP contribution in [0.4, 0.5) is 10.6 Å². The predicted octanol–water partition coefficient (Wildman–Crippen LogP) is -1.85. The molecule has 0 aromatic carbocycles. The van der Waals surface area contributed by atoms with E-state index in [9.17, 15) is 9.59 Å². The van der Waals surface area contributed by atoms with Gasteiger partial charge in [0.15, 0.2) is 11.6 Å². The monoisotopic (exact) mass is 185 g/mol. The molecule has 8 nitrogen and oxygen atoms in total. The van der Waals surface area contributed by atoms with E-state index in [0.29, 0.717) is 4.68 Å². The molecular formula is C5H7N5O3. The Morgan fingerprint density at radius 2 is 2.31 bits per heavy atom. The molecule has 1 rings (SSSR count). The van der Waals surface area contributed by atoms with Crippen molar-refractivity contribution >= 4 is 11.8 Å². The van der Waals surface area contributed by atoms with Gasteiger partial charge in [-0.15, -0.1) is 0 Å². The lowest BCUT2D eigenvalue weighted by Crippen LogP contribution is -2.37. The second-order valence-electron chi connectivity index (χ2n) is 2.14. The van der Waals surface area contributed by atoms with Crippen molar-refractivity contribution in [2.75, 3.05) is 11.2 Å². The highest BCUT2D eigenvalue weighted by Crippen LogP contribution is 2.10. The molecule has 0 atom stereocenters. The first-order valence-electron chi connectivity index (χ1n) is 3.15. The summed E-state index contributed by atoms with van der Waals surface area (Å²) in [4.78, 5) is 24.4. The maximum Gasteiger partial charge on any atom is 0.368 e. The van der Waals surface area contributed by atoms with Gasteiger partial charge < -0.3 is 16.6 Å². The molecule has 70 valence electrons. The number of amides is 2. The van der Waals surface area contributed by atoms with Gasteiger partial charge in [0.1, 0.15) is 0 Å². The highest BCUT2D eigenvalue weighted by Gasteiger charge is 2.04. The van der Waals surface area contributed by atoms with Crippen molar-refractivity contribution in [3.8, 4) is 5.75 Å². The van der Waals surface area contributed by atoms with E-state index in [1.807, 2.05) is 5.43 Å². The van der Waals surface area contributed by atoms with Crippen LogP contribution >= 0.6 is 0 Å². The molecule has 0 saturated carbocycles. The van der Waals surface area contributed by atoms with E-state index >= 15 is 0 Å². The Kier molecular flexibility index (Phi) is 2.05. The molecule has 0 aliphatic carbocycles. The Hall–Kier alpha value is -2.25. The Morgan fingerprint density at radius 3 is 2.85 bits per heavy atom. The number of nitrogens with one attached hydrogen (secondary N) is 1. The number of primary amides is 1. The zero-order chi connectivity index (χ0) is 10.0. The first kappa shape index (κ1) is 8.84. The largest absolute Gasteiger partial charge is 0.503 e. The molecule has 6 N–H and O–H groups in total. The van der Waals surface area contributed by atoms with E-state index in [4.69, 9.17) is 16.6 Å². The van der Waals surface area contributed by atoms with Gasteiger partial charge in [-0.3, -0.25) is 0 Å². The van der Waals surface area contributed by atoms with Gasteiger partial charge in [0, 0.05) is 0 Å². The van der Waals surface area contributed by atoms with Crippen LogP contribution in [0, 0.1) is 0 Å². The van der Waals surface area contributed by atoms with Gasteiger partial charge in [0.25, 0.3) is 0 Å². The molecule has 0 radical (unpaired) electrons. The second kappa shape index (κ2) is 3.01. The topological polar surface area (TPSA) is 136 Å². The summed E-state index contributed by atoms with van der Waals surface area (Å²) < 4.78 is 0.619. The quantitative estimate of drug-likeness (QED) is 0.407. The van der Waals surface area contributed by atoms with Crippen molar-refractivity contribution < 1.29 is 9.90 Å². The Bertz CT molecular complexity index is 398. The van der Waals surface area contributed by atoms with Crippen LogP contribution in [-0.2, 0) is 0 Å². The van der Waals surface area contributed by atoms with Crippen molar-refractivity contribution in [1.29, 1.82) is 0 Å². The first-order chi connectivity index (χ1) is 6.00. The number of carbonyl (C=O) groups excluding carboxylic acids is 1. The number of rotatable bonds is 1. The van der Waals surface area contributed by atoms with Gasteiger partial charge in [-0.2, -0.15) is 4.98 Å². The lowest BCUT2D eigenvalue weighted by atomic mass is 10.5. The summed E-state index contributed by atoms with van der Waals surface area (Å²) in [5.41, 5.74) is 10.9. The molecule has 13 heavy (non-hydrogen) atoms. The van der Waals surface area contributed by atoms with E-state index in [1.165, 1.54) is 0 Å². The molecule has 0 bridgehead atoms. The average molecular weight is 185 g/mol. The van der Waals surface area contributed by atoms with Crippen LogP contribution in [0.3, 0.4) is 0 Å². The SMILES string of the molecule is NC(=O)Nn1cc(O)c(N)nc1=O. The highest BCUT2D eigenvalue weighted by atomic mass is 16.3. The van der Waals surface area contributed by atoms with Crippen LogP contribution in [0.2, 0.25) is 0 Å². The zero-order valence-electron chi connectivity index (χ0n) is 6.39. The molecule has 1 aromatic heterocycles. The molecule has 0 aliphatic heterocycles. The fourth-order valence-electron chi connectivity index (χ4n) is 0.657. The zero-order valence-corrected chi connectivity index (χ0v) is 6.39. The van der Waals surface area contributed by atoms with Crippen molar-refractivity contribution in [3.05, 3.63) is 16.7 Å². The Labute approximate surface area is 71.8 Å². The smallest absolute Gasteiger partial charge is 0.368 e. The molecule has 1 heterocycles. The summed E-state index contributed by atoms with van der Waals surface area (Å²) in [5, 5.41) is 9.00. The van der Waals surface area contributed by atoms with Crippen molar-refractivity contribution in [2.45, 2.75) is 0 Å². The number of aromatic nitrogens is 2. The van der Waals surface area contributed by atoms with Crippen molar-refractivity contribution in [2.24, 2.45) is 5.73 Å². The van der Waals surface area contributed by atoms with Gasteiger partial charge in [-0.1, -0.05) is 0 Å². The van der Waals surface area contributed by atoms with Gasteiger partial charge in [-0.25, -0.2) is 19.7 Å². The number of urea groups is 1. The van der Waals surface area contributed by atoms with Crippen molar-refractivity contribution in [3.63, 3.8) is 0 Å². The molecule has 0 spiro atoms. The number of nitrogen functional groups attached to an aromatic ring is 1. The van der Waals surface area contributed by atoms with Crippen LogP contribution < -0.4 is 22.6 Å². The van der Waals surface area contributed by atoms with Crippen LogP contribution in [-0.4, -0.2) is 20.8 Å². The molecule has 1 aromatic rings. The lowest BCUT2D eigenvalue weighted by Gasteiger charge is -2.04. The number of nitrogens with zero attached hydrogens (tertiary/aromatic N) is 2. The maximum absolute atomic E-state index is 10.9. The molecule has 8 heteroatoms. The summed E-state index contributed by atoms with van der Waals surface area (Å²) in [6.45, 7) is 0. The first-order valence-corrected chi connectivity index (χ1v) is 3.15. The van der Waals surface area contributed by atoms with Crippen LogP contribution in [0.5, 0.6) is 5.75 Å². The van der Waals surface area contributed by atoms with Crippen LogP contribution in [0.1, 0.15) is 0 Å². The van der Waals surface area contributed by atoms with Crippen LogP contribution in [0.15, 0.2) is 11.0 Å². The molecule has 0 saturated heterocycles. The third-order valence-corrected chi connectivity index (χ3v) is 1.17. The Balaban J connectivity index is 3.16. The maximum atomic E-state index is 10.9. The molecule has 2 amide bonds. The van der Waals surface area contributed by atoms with E-state index in [0.717, 1.165) is 6.20 Å². The van der Waals surface area contributed by atoms with E-state index in [2.05, 4.69) is 4.98 Å². The number of hydrogen-bond donors (Lipinski definition) is 4. The number of nitrogens with two attached hydrogens (primary N) is 2. The summed E-state index contributed by atoms with van der Waals surface area (Å²) in [6, 6.07) is -0.951. The summed E-state index contributed by atoms with van der Waals surface area (Å²) >= 11 is 0. The summed E-state index contributed by atoms with van der Waals surface area (Å²) in [5.74, 6) is -0.735. The fraction of sp³-hybridized carbons (Fsp3) is 0. The highest BCUT2D eigenvalue weighted by molar-refractivity contribution is 5.79. The minimum absolute atomic E-state index is 0.312. The fourth-order valence-corrected chi connectivity index (χ4v) is 0.657. The molecular weight excluding hydrogens is 178 g/mol. The van der Waals surface area contributed by atoms with E-state index < -0.39 is 17.5 Å². The molecule has 0 unspecified atom stereocenters. The van der Waals surface area contributed by atoms with Crippen LogP contribution in [0.25, 0.3) is 0 Å². The summed E-state index contributed by atoms with van der Waals surface area (Å²) in [6.07, 6.45) is 0.898. The number of carbonyl (C=O) groups is 1. The van der Waals surface area contributed by atoms with Crippen molar-refractivity contribution in [1.82, 2.24) is 9.66 Å². The second-order valence-corrected chi connectivity index (χ2v) is 2.14. The molecule has 0 fully saturated rings. The third kappa shape index (κ3) is 1.86. The van der Waals surface area contributed by atoms with Gasteiger partial charge in [0.2, 0.25) is 0 Å². The van der Waals surface area contributed by atoms with Gasteiger partial charge >= 0.3 is 11.7 Å². The Morgan fingerprint density at radius 1 is 1.69 bits per heavy atom. The van der Waals surface area contributed by atoms with E-state index in [1.54, 1.807) is 0 Å². The minimum atomic E-state index is -0.951. The standard InChI is InChI=1S/C5H7N5O3/c6-3-2(11)1-10(5(13)8-3)9-4(7)12/h1,11H,(H2,6,8,13)(H3,7,9,12). The van der Waals surface area contributed by atoms with Gasteiger partial charge in [0.05, 0.1) is 6.20 Å². The third-order valence-electron chi connectivity index (χ3n) is 1.17. The number of anilines is 1. The normalized spacial score (nSPS) is 9.54. The van der Waals surface area contributed by atoms with Gasteiger partial charge in [-0.05, 0) is 0 Å². The molecule has 0 aliphatic rings. The van der Waals surface area contributed by atoms with E-state index in [-0.39, 0.29) is 5.82 Å². The summed E-state index contributed by atoms with van der Waals surface area (Å²) in [7, 11) is 0. The lowest BCUT2D eigenvalue weighted by molar-refractivity contribution is 0.256. The minimum Gasteiger partial charge on any atom is -0.503 e. The number of aromatic hydroxyl groups is 1. The number of hydrogen-bond acceptors (Lipinski definition) is 5.